The molecule has 3 N–H and O–H groups in total. The number of carboxylic acid groups (broad SMARTS) is 1. The summed E-state index contributed by atoms with van der Waals surface area (Å²) in [5.74, 6) is 2.02. The van der Waals surface area contributed by atoms with Gasteiger partial charge in [-0.25, -0.2) is 4.79 Å². The second-order valence-corrected chi connectivity index (χ2v) is 4.76. The first-order chi connectivity index (χ1) is 11.6. The zero-order valence-electron chi connectivity index (χ0n) is 13.7. The molecule has 3 rings (SSSR count). The van der Waals surface area contributed by atoms with Crippen molar-refractivity contribution in [2.24, 2.45) is 0 Å². The Bertz CT molecular complexity index is 922. The summed E-state index contributed by atoms with van der Waals surface area (Å²) in [6, 6.07) is 7.31. The number of rotatable bonds is 3. The fourth-order valence-electron chi connectivity index (χ4n) is 2.34. The second-order valence-electron chi connectivity index (χ2n) is 4.76. The maximum absolute atomic E-state index is 11.2. The fraction of sp³-hybridized carbons (Fsp3) is 0.167. The predicted molar refractivity (Wildman–Crippen MR) is 94.6 cm³/mol. The lowest BCUT2D eigenvalue weighted by atomic mass is 10.1. The van der Waals surface area contributed by atoms with E-state index in [1.807, 2.05) is 32.0 Å². The number of nitrogens with zero attached hydrogens (tertiary/aromatic N) is 2. The van der Waals surface area contributed by atoms with Crippen LogP contribution in [0.1, 0.15) is 35.5 Å². The lowest BCUT2D eigenvalue weighted by Gasteiger charge is -2.07. The normalized spacial score (nSPS) is 9.75. The molecular formula is C18H18N4O2. The molecule has 2 aromatic heterocycles. The van der Waals surface area contributed by atoms with Gasteiger partial charge in [-0.1, -0.05) is 25.8 Å². The molecule has 0 bridgehead atoms. The van der Waals surface area contributed by atoms with Crippen LogP contribution >= 0.6 is 0 Å². The van der Waals surface area contributed by atoms with Gasteiger partial charge in [0.25, 0.3) is 0 Å². The van der Waals surface area contributed by atoms with Crippen molar-refractivity contribution in [2.75, 3.05) is 5.32 Å². The number of benzene rings is 1. The van der Waals surface area contributed by atoms with Crippen LogP contribution in [-0.2, 0) is 0 Å². The highest BCUT2D eigenvalue weighted by Gasteiger charge is 2.17. The highest BCUT2D eigenvalue weighted by Crippen LogP contribution is 2.28. The van der Waals surface area contributed by atoms with Crippen LogP contribution in [0.5, 0.6) is 0 Å². The molecule has 0 unspecified atom stereocenters. The molecule has 0 radical (unpaired) electrons. The van der Waals surface area contributed by atoms with Gasteiger partial charge in [-0.05, 0) is 30.7 Å². The number of aromatic carboxylic acids is 1. The first-order valence-corrected chi connectivity index (χ1v) is 7.51. The lowest BCUT2D eigenvalue weighted by Crippen LogP contribution is -1.99. The lowest BCUT2D eigenvalue weighted by molar-refractivity contribution is 0.0691. The summed E-state index contributed by atoms with van der Waals surface area (Å²) < 4.78 is 0. The van der Waals surface area contributed by atoms with Gasteiger partial charge in [-0.3, -0.25) is 0 Å². The molecule has 0 saturated carbocycles. The number of fused-ring (bicyclic) bond motifs is 1. The van der Waals surface area contributed by atoms with Crippen molar-refractivity contribution in [1.29, 1.82) is 0 Å². The third-order valence-corrected chi connectivity index (χ3v) is 3.37. The van der Waals surface area contributed by atoms with E-state index >= 15 is 0 Å². The van der Waals surface area contributed by atoms with Gasteiger partial charge < -0.3 is 15.4 Å². The summed E-state index contributed by atoms with van der Waals surface area (Å²) in [4.78, 5) is 14.1. The fourth-order valence-corrected chi connectivity index (χ4v) is 2.34. The summed E-state index contributed by atoms with van der Waals surface area (Å²) in [7, 11) is 0. The van der Waals surface area contributed by atoms with Gasteiger partial charge in [-0.2, -0.15) is 5.10 Å². The third-order valence-electron chi connectivity index (χ3n) is 3.37. The summed E-state index contributed by atoms with van der Waals surface area (Å²) >= 11 is 0. The van der Waals surface area contributed by atoms with Crippen molar-refractivity contribution in [2.45, 2.75) is 20.8 Å². The number of carboxylic acids is 1. The third kappa shape index (κ3) is 3.20. The summed E-state index contributed by atoms with van der Waals surface area (Å²) in [6.45, 7) is 5.73. The topological polar surface area (TPSA) is 90.9 Å². The summed E-state index contributed by atoms with van der Waals surface area (Å²) in [5.41, 5.74) is 2.84. The van der Waals surface area contributed by atoms with Gasteiger partial charge in [0.15, 0.2) is 5.82 Å². The van der Waals surface area contributed by atoms with E-state index < -0.39 is 5.97 Å². The molecule has 0 saturated heterocycles. The number of nitrogens with one attached hydrogen (secondary N) is 2. The highest BCUT2D eigenvalue weighted by molar-refractivity contribution is 6.01. The molecule has 1 aromatic carbocycles. The first-order valence-electron chi connectivity index (χ1n) is 7.51. The van der Waals surface area contributed by atoms with Crippen LogP contribution in [0.3, 0.4) is 0 Å². The molecule has 0 spiro atoms. The summed E-state index contributed by atoms with van der Waals surface area (Å²) in [5, 5.41) is 21.0. The van der Waals surface area contributed by atoms with E-state index in [-0.39, 0.29) is 5.69 Å². The Kier molecular flexibility index (Phi) is 5.17. The molecule has 24 heavy (non-hydrogen) atoms. The van der Waals surface area contributed by atoms with Gasteiger partial charge in [0.05, 0.1) is 11.7 Å². The Balaban J connectivity index is 0.00000100. The number of anilines is 2. The molecule has 2 heterocycles. The van der Waals surface area contributed by atoms with Crippen molar-refractivity contribution in [1.82, 2.24) is 15.2 Å². The van der Waals surface area contributed by atoms with E-state index in [0.29, 0.717) is 22.3 Å². The van der Waals surface area contributed by atoms with E-state index in [1.54, 1.807) is 13.0 Å². The summed E-state index contributed by atoms with van der Waals surface area (Å²) in [6.07, 6.45) is 6.89. The van der Waals surface area contributed by atoms with Gasteiger partial charge in [0.1, 0.15) is 5.69 Å². The number of aryl methyl sites for hydroxylation is 1. The minimum Gasteiger partial charge on any atom is -0.477 e. The zero-order chi connectivity index (χ0) is 17.7. The maximum Gasteiger partial charge on any atom is 0.352 e. The molecule has 0 aliphatic rings. The average Bonchev–Trinajstić information content (AvgIpc) is 2.95. The Labute approximate surface area is 139 Å². The second kappa shape index (κ2) is 7.29. The zero-order valence-corrected chi connectivity index (χ0v) is 13.7. The molecule has 0 aliphatic carbocycles. The number of terminal acetylenes is 1. The van der Waals surface area contributed by atoms with Crippen LogP contribution in [0, 0.1) is 19.3 Å². The molecule has 3 aromatic rings. The van der Waals surface area contributed by atoms with E-state index in [0.717, 1.165) is 11.3 Å². The van der Waals surface area contributed by atoms with Crippen LogP contribution in [-0.4, -0.2) is 26.3 Å². The molecular weight excluding hydrogens is 304 g/mol. The molecule has 0 fully saturated rings. The number of hydrogen-bond donors (Lipinski definition) is 3. The van der Waals surface area contributed by atoms with Gasteiger partial charge in [-0.15, -0.1) is 11.5 Å². The number of carbonyl (C=O) groups is 1. The molecule has 0 aliphatic heterocycles. The van der Waals surface area contributed by atoms with Gasteiger partial charge >= 0.3 is 5.97 Å². The van der Waals surface area contributed by atoms with Crippen LogP contribution in [0.25, 0.3) is 10.9 Å². The van der Waals surface area contributed by atoms with Crippen LogP contribution in [0.4, 0.5) is 11.5 Å². The Hall–Kier alpha value is -3.33. The number of H-pyrrole nitrogens is 1. The van der Waals surface area contributed by atoms with Crippen LogP contribution in [0.2, 0.25) is 0 Å². The SMILES string of the molecule is C#Cc1cccc(Nc2nncc3[nH]c(C(=O)O)c(C)c23)c1.CC. The van der Waals surface area contributed by atoms with Gasteiger partial charge in [0, 0.05) is 16.6 Å². The Morgan fingerprint density at radius 3 is 2.79 bits per heavy atom. The molecule has 0 atom stereocenters. The van der Waals surface area contributed by atoms with Crippen molar-refractivity contribution >= 4 is 28.4 Å². The Morgan fingerprint density at radius 2 is 2.12 bits per heavy atom. The maximum atomic E-state index is 11.2. The van der Waals surface area contributed by atoms with Gasteiger partial charge in [0.2, 0.25) is 0 Å². The van der Waals surface area contributed by atoms with Crippen LogP contribution < -0.4 is 5.32 Å². The van der Waals surface area contributed by atoms with Crippen molar-refractivity contribution in [3.8, 4) is 12.3 Å². The van der Waals surface area contributed by atoms with E-state index in [4.69, 9.17) is 6.42 Å². The first kappa shape index (κ1) is 17.0. The Morgan fingerprint density at radius 1 is 1.38 bits per heavy atom. The minimum absolute atomic E-state index is 0.130. The highest BCUT2D eigenvalue weighted by atomic mass is 16.4. The molecule has 0 amide bonds. The van der Waals surface area contributed by atoms with E-state index in [2.05, 4.69) is 26.4 Å². The predicted octanol–water partition coefficient (Wildman–Crippen LogP) is 3.72. The standard InChI is InChI=1S/C16H12N4O2.C2H6/c1-3-10-5-4-6-11(7-10)18-15-13-9(2)14(16(21)22)19-12(13)8-17-20-15;1-2/h1,4-8,19H,2H3,(H,18,20)(H,21,22);1-2H3. The van der Waals surface area contributed by atoms with Crippen molar-refractivity contribution < 1.29 is 9.90 Å². The number of hydrogen-bond acceptors (Lipinski definition) is 4. The largest absolute Gasteiger partial charge is 0.477 e. The molecule has 6 heteroatoms. The number of aromatic amines is 1. The van der Waals surface area contributed by atoms with E-state index in [1.165, 1.54) is 6.20 Å². The number of aromatic nitrogens is 3. The monoisotopic (exact) mass is 322 g/mol. The smallest absolute Gasteiger partial charge is 0.352 e. The molecule has 6 nitrogen and oxygen atoms in total. The minimum atomic E-state index is -1.02. The van der Waals surface area contributed by atoms with Crippen LogP contribution in [0.15, 0.2) is 30.5 Å². The quantitative estimate of drug-likeness (QED) is 0.639. The average molecular weight is 322 g/mol. The van der Waals surface area contributed by atoms with Crippen molar-refractivity contribution in [3.05, 3.63) is 47.3 Å². The van der Waals surface area contributed by atoms with E-state index in [9.17, 15) is 9.90 Å². The van der Waals surface area contributed by atoms with Crippen molar-refractivity contribution in [3.63, 3.8) is 0 Å². The molecule has 122 valence electrons.